The number of anilines is 6. The second kappa shape index (κ2) is 20.1. The second-order valence-corrected chi connectivity index (χ2v) is 19.7. The molecule has 0 heterocycles. The monoisotopic (exact) mass is 1050 g/mol. The first-order chi connectivity index (χ1) is 39.3. The van der Waals surface area contributed by atoms with Gasteiger partial charge in [0.05, 0.1) is 91.0 Å². The first kappa shape index (κ1) is 49.5. The molecule has 0 atom stereocenters. The molecule has 394 valence electrons. The number of rotatable bonds is 16. The lowest BCUT2D eigenvalue weighted by Gasteiger charge is -2.28. The number of ether oxygens (including phenoxy) is 8. The van der Waals surface area contributed by atoms with Gasteiger partial charge in [-0.15, -0.1) is 0 Å². The molecule has 80 heavy (non-hydrogen) atoms. The average molecular weight is 1050 g/mol. The van der Waals surface area contributed by atoms with E-state index in [0.29, 0.717) is 46.0 Å². The van der Waals surface area contributed by atoms with Crippen LogP contribution in [-0.2, 0) is 0 Å². The smallest absolute Gasteiger partial charge is 0.124 e. The van der Waals surface area contributed by atoms with Crippen LogP contribution in [-0.4, -0.2) is 56.9 Å². The molecule has 0 aliphatic rings. The van der Waals surface area contributed by atoms with Crippen LogP contribution >= 0.6 is 0 Å². The van der Waals surface area contributed by atoms with E-state index in [9.17, 15) is 0 Å². The van der Waals surface area contributed by atoms with Gasteiger partial charge in [-0.2, -0.15) is 0 Å². The molecule has 0 aromatic heterocycles. The van der Waals surface area contributed by atoms with Crippen molar-refractivity contribution < 1.29 is 37.9 Å². The molecule has 0 spiro atoms. The van der Waals surface area contributed by atoms with Crippen LogP contribution in [0.15, 0.2) is 194 Å². The summed E-state index contributed by atoms with van der Waals surface area (Å²) in [6.07, 6.45) is 0. The van der Waals surface area contributed by atoms with Crippen molar-refractivity contribution in [3.8, 4) is 68.2 Å². The largest absolute Gasteiger partial charge is 0.497 e. The molecule has 0 saturated heterocycles. The van der Waals surface area contributed by atoms with E-state index in [1.807, 2.05) is 72.8 Å². The molecule has 13 aromatic carbocycles. The molecule has 10 nitrogen and oxygen atoms in total. The summed E-state index contributed by atoms with van der Waals surface area (Å²) in [5, 5.41) is 13.8. The lowest BCUT2D eigenvalue weighted by atomic mass is 9.87. The molecule has 10 heteroatoms. The SMILES string of the molecule is COc1cc(OC)cc(N(c2cc(OC)cc(OC)c2)c2ccc3c4c(-c5ccccc5)c5c6cccc7c(N(c8cc(OC)cc(OC)c8)c8cc(OC)cc(OC)c8)ccc(c5c(-c5ccccc5)c4c4cccc2c43)c76)c1. The predicted molar refractivity (Wildman–Crippen MR) is 327 cm³/mol. The Morgan fingerprint density at radius 2 is 0.475 bits per heavy atom. The van der Waals surface area contributed by atoms with Gasteiger partial charge in [0.15, 0.2) is 0 Å². The van der Waals surface area contributed by atoms with Crippen LogP contribution < -0.4 is 47.7 Å². The van der Waals surface area contributed by atoms with Gasteiger partial charge in [0.25, 0.3) is 0 Å². The minimum absolute atomic E-state index is 0.656. The van der Waals surface area contributed by atoms with Crippen LogP contribution in [0.1, 0.15) is 0 Å². The number of hydrogen-bond donors (Lipinski definition) is 0. The van der Waals surface area contributed by atoms with Gasteiger partial charge in [0, 0.05) is 83.6 Å². The normalized spacial score (nSPS) is 11.5. The molecule has 0 unspecified atom stereocenters. The summed E-state index contributed by atoms with van der Waals surface area (Å²) < 4.78 is 47.2. The Bertz CT molecular complexity index is 3940. The Hall–Kier alpha value is -10.1. The van der Waals surface area contributed by atoms with Gasteiger partial charge in [-0.1, -0.05) is 109 Å². The van der Waals surface area contributed by atoms with Crippen molar-refractivity contribution in [1.82, 2.24) is 0 Å². The van der Waals surface area contributed by atoms with Crippen LogP contribution in [0.4, 0.5) is 34.1 Å². The van der Waals surface area contributed by atoms with Crippen molar-refractivity contribution in [3.05, 3.63) is 194 Å². The maximum Gasteiger partial charge on any atom is 0.124 e. The van der Waals surface area contributed by atoms with E-state index in [1.165, 1.54) is 32.7 Å². The van der Waals surface area contributed by atoms with Gasteiger partial charge in [-0.3, -0.25) is 0 Å². The summed E-state index contributed by atoms with van der Waals surface area (Å²) >= 11 is 0. The van der Waals surface area contributed by atoms with E-state index in [4.69, 9.17) is 37.9 Å². The van der Waals surface area contributed by atoms with Crippen LogP contribution in [0.3, 0.4) is 0 Å². The van der Waals surface area contributed by atoms with Crippen LogP contribution in [0.25, 0.3) is 86.9 Å². The molecule has 0 bridgehead atoms. The summed E-state index contributed by atoms with van der Waals surface area (Å²) in [6.45, 7) is 0. The quantitative estimate of drug-likeness (QED) is 0.0933. The van der Waals surface area contributed by atoms with Crippen LogP contribution in [0.5, 0.6) is 46.0 Å². The van der Waals surface area contributed by atoms with Crippen molar-refractivity contribution in [2.24, 2.45) is 0 Å². The van der Waals surface area contributed by atoms with Gasteiger partial charge in [-0.05, 0) is 88.2 Å². The van der Waals surface area contributed by atoms with Crippen molar-refractivity contribution in [2.45, 2.75) is 0 Å². The molecule has 0 saturated carbocycles. The molecule has 0 N–H and O–H groups in total. The minimum atomic E-state index is 0.656. The molecular weight excluding hydrogens is 997 g/mol. The predicted octanol–water partition coefficient (Wildman–Crippen LogP) is 17.8. The maximum absolute atomic E-state index is 5.90. The van der Waals surface area contributed by atoms with Crippen molar-refractivity contribution in [3.63, 3.8) is 0 Å². The topological polar surface area (TPSA) is 80.3 Å². The molecule has 0 amide bonds. The zero-order valence-electron chi connectivity index (χ0n) is 45.6. The van der Waals surface area contributed by atoms with E-state index in [-0.39, 0.29) is 0 Å². The molecule has 0 fully saturated rings. The summed E-state index contributed by atoms with van der Waals surface area (Å²) in [4.78, 5) is 4.47. The van der Waals surface area contributed by atoms with Gasteiger partial charge >= 0.3 is 0 Å². The second-order valence-electron chi connectivity index (χ2n) is 19.7. The lowest BCUT2D eigenvalue weighted by molar-refractivity contribution is 0.393. The zero-order valence-corrected chi connectivity index (χ0v) is 45.6. The third-order valence-corrected chi connectivity index (χ3v) is 15.6. The highest BCUT2D eigenvalue weighted by molar-refractivity contribution is 6.47. The van der Waals surface area contributed by atoms with E-state index in [0.717, 1.165) is 88.3 Å². The third kappa shape index (κ3) is 7.93. The Morgan fingerprint density at radius 1 is 0.225 bits per heavy atom. The Labute approximate surface area is 463 Å². The highest BCUT2D eigenvalue weighted by Gasteiger charge is 2.31. The molecule has 0 aliphatic heterocycles. The summed E-state index contributed by atoms with van der Waals surface area (Å²) in [5.41, 5.74) is 9.83. The Balaban J connectivity index is 1.18. The van der Waals surface area contributed by atoms with Crippen LogP contribution in [0, 0.1) is 0 Å². The highest BCUT2D eigenvalue weighted by Crippen LogP contribution is 2.58. The standard InChI is InChI=1S/C70H56N2O8/c1-73-47-29-43(30-48(37-47)74-2)71(44-31-49(75-3)38-50(32-44)76-4)61-27-25-59-65-55(61)21-15-23-57(65)67-63(41-17-11-9-12-18-41)70-60-26-28-62(56-22-16-24-58(66(56)60)68(70)64(69(59)67)42-19-13-10-14-20-42)72(45-33-51(77-5)39-52(34-45)78-6)46-35-53(79-7)40-54(36-46)80-8/h9-40H,1-8H3. The van der Waals surface area contributed by atoms with Gasteiger partial charge in [-0.25, -0.2) is 0 Å². The van der Waals surface area contributed by atoms with E-state index in [1.54, 1.807) is 56.9 Å². The fourth-order valence-electron chi connectivity index (χ4n) is 12.2. The number of methoxy groups -OCH3 is 8. The first-order valence-corrected chi connectivity index (χ1v) is 26.3. The molecule has 0 aliphatic carbocycles. The lowest BCUT2D eigenvalue weighted by Crippen LogP contribution is -2.11. The van der Waals surface area contributed by atoms with Crippen LogP contribution in [0.2, 0.25) is 0 Å². The number of hydrogen-bond acceptors (Lipinski definition) is 10. The number of fused-ring (bicyclic) bond motifs is 6. The number of benzene rings is 11. The fraction of sp³-hybridized carbons (Fsp3) is 0.114. The van der Waals surface area contributed by atoms with Crippen molar-refractivity contribution in [1.29, 1.82) is 0 Å². The summed E-state index contributed by atoms with van der Waals surface area (Å²) in [7, 11) is 13.4. The molecule has 13 rings (SSSR count). The molecule has 0 radical (unpaired) electrons. The highest BCUT2D eigenvalue weighted by atomic mass is 16.5. The Kier molecular flexibility index (Phi) is 12.4. The molecule has 13 aromatic rings. The Morgan fingerprint density at radius 3 is 0.738 bits per heavy atom. The summed E-state index contributed by atoms with van der Waals surface area (Å²) in [5.74, 6) is 5.25. The minimum Gasteiger partial charge on any atom is -0.497 e. The van der Waals surface area contributed by atoms with E-state index in [2.05, 4.69) is 131 Å². The average Bonchev–Trinajstić information content (AvgIpc) is 4.16. The van der Waals surface area contributed by atoms with E-state index < -0.39 is 0 Å². The van der Waals surface area contributed by atoms with Gasteiger partial charge in [0.1, 0.15) is 46.0 Å². The van der Waals surface area contributed by atoms with E-state index >= 15 is 0 Å². The zero-order chi connectivity index (χ0) is 54.8. The fourth-order valence-corrected chi connectivity index (χ4v) is 12.2. The third-order valence-electron chi connectivity index (χ3n) is 15.6. The van der Waals surface area contributed by atoms with Gasteiger partial charge in [0.2, 0.25) is 0 Å². The number of nitrogens with zero attached hydrogens (tertiary/aromatic N) is 2. The maximum atomic E-state index is 5.90. The first-order valence-electron chi connectivity index (χ1n) is 26.3. The van der Waals surface area contributed by atoms with Crippen molar-refractivity contribution >= 4 is 98.8 Å². The van der Waals surface area contributed by atoms with Crippen molar-refractivity contribution in [2.75, 3.05) is 66.7 Å². The molecular formula is C70H56N2O8. The summed E-state index contributed by atoms with van der Waals surface area (Å²) in [6, 6.07) is 68.1. The van der Waals surface area contributed by atoms with Gasteiger partial charge < -0.3 is 47.7 Å².